The SMILES string of the molecule is NCC=C(/C=C/C(=O)O)C(=O)O. The lowest BCUT2D eigenvalue weighted by molar-refractivity contribution is -0.132. The van der Waals surface area contributed by atoms with Crippen LogP contribution in [0.1, 0.15) is 0 Å². The largest absolute Gasteiger partial charge is 0.478 e. The number of hydrogen-bond acceptors (Lipinski definition) is 3. The molecule has 0 fully saturated rings. The van der Waals surface area contributed by atoms with Crippen LogP contribution in [0.25, 0.3) is 0 Å². The molecule has 0 aliphatic heterocycles. The van der Waals surface area contributed by atoms with E-state index >= 15 is 0 Å². The average molecular weight is 171 g/mol. The number of carbonyl (C=O) groups is 2. The van der Waals surface area contributed by atoms with E-state index in [1.807, 2.05) is 0 Å². The fourth-order valence-corrected chi connectivity index (χ4v) is 0.515. The first-order chi connectivity index (χ1) is 5.57. The van der Waals surface area contributed by atoms with Crippen LogP contribution < -0.4 is 5.73 Å². The minimum atomic E-state index is -1.20. The summed E-state index contributed by atoms with van der Waals surface area (Å²) in [5.41, 5.74) is 4.93. The molecule has 5 nitrogen and oxygen atoms in total. The van der Waals surface area contributed by atoms with Crippen LogP contribution in [0.2, 0.25) is 0 Å². The van der Waals surface area contributed by atoms with E-state index in [0.29, 0.717) is 0 Å². The molecule has 0 bridgehead atoms. The molecule has 0 heterocycles. The third-order valence-corrected chi connectivity index (χ3v) is 0.990. The summed E-state index contributed by atoms with van der Waals surface area (Å²) < 4.78 is 0. The quantitative estimate of drug-likeness (QED) is 0.394. The van der Waals surface area contributed by atoms with Gasteiger partial charge < -0.3 is 15.9 Å². The molecule has 0 aromatic rings. The average Bonchev–Trinajstić information content (AvgIpc) is 1.96. The van der Waals surface area contributed by atoms with Gasteiger partial charge in [-0.3, -0.25) is 0 Å². The van der Waals surface area contributed by atoms with Gasteiger partial charge >= 0.3 is 11.9 Å². The highest BCUT2D eigenvalue weighted by molar-refractivity contribution is 5.92. The lowest BCUT2D eigenvalue weighted by Crippen LogP contribution is -2.03. The summed E-state index contributed by atoms with van der Waals surface area (Å²) in [5, 5.41) is 16.6. The first-order valence-corrected chi connectivity index (χ1v) is 3.12. The van der Waals surface area contributed by atoms with Crippen molar-refractivity contribution in [1.82, 2.24) is 0 Å². The Hall–Kier alpha value is -1.62. The molecule has 12 heavy (non-hydrogen) atoms. The number of hydrogen-bond donors (Lipinski definition) is 3. The minimum absolute atomic E-state index is 0.0611. The molecule has 0 spiro atoms. The molecule has 0 rings (SSSR count). The van der Waals surface area contributed by atoms with E-state index in [1.54, 1.807) is 0 Å². The lowest BCUT2D eigenvalue weighted by atomic mass is 10.2. The van der Waals surface area contributed by atoms with Crippen molar-refractivity contribution in [1.29, 1.82) is 0 Å². The summed E-state index contributed by atoms with van der Waals surface area (Å²) in [6.07, 6.45) is 2.95. The second-order valence-electron chi connectivity index (χ2n) is 1.87. The standard InChI is InChI=1S/C7H9NO4/c8-4-3-5(7(11)12)1-2-6(9)10/h1-3H,4,8H2,(H,9,10)(H,11,12)/b2-1+,5-3?. The Morgan fingerprint density at radius 3 is 2.17 bits per heavy atom. The number of aliphatic carboxylic acids is 2. The van der Waals surface area contributed by atoms with Gasteiger partial charge in [0.2, 0.25) is 0 Å². The maximum atomic E-state index is 10.3. The second-order valence-corrected chi connectivity index (χ2v) is 1.87. The van der Waals surface area contributed by atoms with Crippen molar-refractivity contribution in [2.45, 2.75) is 0 Å². The molecule has 0 radical (unpaired) electrons. The second kappa shape index (κ2) is 5.09. The molecule has 66 valence electrons. The smallest absolute Gasteiger partial charge is 0.335 e. The maximum absolute atomic E-state index is 10.3. The van der Waals surface area contributed by atoms with Gasteiger partial charge in [0, 0.05) is 12.6 Å². The summed E-state index contributed by atoms with van der Waals surface area (Å²) in [7, 11) is 0. The zero-order valence-corrected chi connectivity index (χ0v) is 6.23. The van der Waals surface area contributed by atoms with E-state index in [4.69, 9.17) is 15.9 Å². The fourth-order valence-electron chi connectivity index (χ4n) is 0.515. The number of carboxylic acids is 2. The Morgan fingerprint density at radius 2 is 1.83 bits per heavy atom. The highest BCUT2D eigenvalue weighted by Crippen LogP contribution is 1.95. The van der Waals surface area contributed by atoms with Gasteiger partial charge in [0.1, 0.15) is 0 Å². The topological polar surface area (TPSA) is 101 Å². The third kappa shape index (κ3) is 4.24. The number of rotatable bonds is 4. The predicted octanol–water partition coefficient (Wildman–Crippen LogP) is -0.403. The van der Waals surface area contributed by atoms with Crippen LogP contribution in [0.4, 0.5) is 0 Å². The molecule has 4 N–H and O–H groups in total. The van der Waals surface area contributed by atoms with E-state index in [-0.39, 0.29) is 12.1 Å². The van der Waals surface area contributed by atoms with Crippen molar-refractivity contribution < 1.29 is 19.8 Å². The van der Waals surface area contributed by atoms with Gasteiger partial charge in [0.15, 0.2) is 0 Å². The molecule has 0 aromatic heterocycles. The van der Waals surface area contributed by atoms with Gasteiger partial charge in [-0.05, 0) is 6.08 Å². The molecular formula is C7H9NO4. The van der Waals surface area contributed by atoms with Crippen LogP contribution in [0.3, 0.4) is 0 Å². The monoisotopic (exact) mass is 171 g/mol. The summed E-state index contributed by atoms with van der Waals surface area (Å²) in [6.45, 7) is 0.0611. The van der Waals surface area contributed by atoms with Gasteiger partial charge in [-0.15, -0.1) is 0 Å². The molecule has 0 amide bonds. The van der Waals surface area contributed by atoms with Crippen LogP contribution in [0.5, 0.6) is 0 Å². The van der Waals surface area contributed by atoms with Crippen molar-refractivity contribution in [3.8, 4) is 0 Å². The Labute approximate surface area is 68.8 Å². The molecular weight excluding hydrogens is 162 g/mol. The van der Waals surface area contributed by atoms with Crippen LogP contribution in [0.15, 0.2) is 23.8 Å². The van der Waals surface area contributed by atoms with Crippen molar-refractivity contribution in [3.63, 3.8) is 0 Å². The van der Waals surface area contributed by atoms with E-state index in [0.717, 1.165) is 12.2 Å². The van der Waals surface area contributed by atoms with E-state index in [9.17, 15) is 9.59 Å². The van der Waals surface area contributed by atoms with E-state index in [2.05, 4.69) is 0 Å². The number of nitrogens with two attached hydrogens (primary N) is 1. The maximum Gasteiger partial charge on any atom is 0.335 e. The minimum Gasteiger partial charge on any atom is -0.478 e. The Kier molecular flexibility index (Phi) is 4.40. The summed E-state index contributed by atoms with van der Waals surface area (Å²) in [6, 6.07) is 0. The first kappa shape index (κ1) is 10.4. The Morgan fingerprint density at radius 1 is 1.25 bits per heavy atom. The third-order valence-electron chi connectivity index (χ3n) is 0.990. The molecule has 5 heteroatoms. The molecule has 0 aromatic carbocycles. The molecule has 0 saturated heterocycles. The first-order valence-electron chi connectivity index (χ1n) is 3.12. The normalized spacial score (nSPS) is 11.9. The van der Waals surface area contributed by atoms with Crippen LogP contribution in [-0.2, 0) is 9.59 Å². The van der Waals surface area contributed by atoms with Gasteiger partial charge in [-0.25, -0.2) is 9.59 Å². The van der Waals surface area contributed by atoms with Crippen LogP contribution in [-0.4, -0.2) is 28.7 Å². The van der Waals surface area contributed by atoms with Crippen molar-refractivity contribution >= 4 is 11.9 Å². The summed E-state index contributed by atoms with van der Waals surface area (Å²) in [4.78, 5) is 20.3. The van der Waals surface area contributed by atoms with Crippen molar-refractivity contribution in [2.75, 3.05) is 6.54 Å². The Bertz CT molecular complexity index is 242. The van der Waals surface area contributed by atoms with E-state index < -0.39 is 11.9 Å². The summed E-state index contributed by atoms with van der Waals surface area (Å²) >= 11 is 0. The van der Waals surface area contributed by atoms with Crippen LogP contribution in [0, 0.1) is 0 Å². The molecule has 0 aliphatic carbocycles. The molecule has 0 aliphatic rings. The number of carboxylic acid groups (broad SMARTS) is 2. The van der Waals surface area contributed by atoms with Crippen LogP contribution >= 0.6 is 0 Å². The molecule has 0 atom stereocenters. The van der Waals surface area contributed by atoms with Gasteiger partial charge in [-0.1, -0.05) is 6.08 Å². The van der Waals surface area contributed by atoms with Gasteiger partial charge in [0.25, 0.3) is 0 Å². The van der Waals surface area contributed by atoms with E-state index in [1.165, 1.54) is 6.08 Å². The molecule has 0 unspecified atom stereocenters. The highest BCUT2D eigenvalue weighted by atomic mass is 16.4. The van der Waals surface area contributed by atoms with Gasteiger partial charge in [0.05, 0.1) is 5.57 Å². The van der Waals surface area contributed by atoms with Crippen molar-refractivity contribution in [2.24, 2.45) is 5.73 Å². The predicted molar refractivity (Wildman–Crippen MR) is 41.5 cm³/mol. The lowest BCUT2D eigenvalue weighted by Gasteiger charge is -1.91. The van der Waals surface area contributed by atoms with Crippen molar-refractivity contribution in [3.05, 3.63) is 23.8 Å². The fraction of sp³-hybridized carbons (Fsp3) is 0.143. The highest BCUT2D eigenvalue weighted by Gasteiger charge is 2.01. The zero-order chi connectivity index (χ0) is 9.56. The zero-order valence-electron chi connectivity index (χ0n) is 6.23. The summed E-state index contributed by atoms with van der Waals surface area (Å²) in [5.74, 6) is -2.39. The molecule has 0 saturated carbocycles. The van der Waals surface area contributed by atoms with Gasteiger partial charge in [-0.2, -0.15) is 0 Å². The Balaban J connectivity index is 4.45.